The van der Waals surface area contributed by atoms with Crippen LogP contribution in [0.15, 0.2) is 61.2 Å². The normalized spacial score (nSPS) is 14.3. The number of nitrogens with zero attached hydrogens (tertiary/aromatic N) is 1. The van der Waals surface area contributed by atoms with Crippen LogP contribution < -0.4 is 5.43 Å². The lowest BCUT2D eigenvalue weighted by Crippen LogP contribution is -2.51. The van der Waals surface area contributed by atoms with E-state index in [4.69, 9.17) is 34.8 Å². The second-order valence-corrected chi connectivity index (χ2v) is 9.79. The number of alkyl halides is 5. The average Bonchev–Trinajstić information content (AvgIpc) is 2.87. The van der Waals surface area contributed by atoms with Gasteiger partial charge in [0.2, 0.25) is 0 Å². The summed E-state index contributed by atoms with van der Waals surface area (Å²) in [4.78, 5) is 11.5. The molecule has 0 saturated carbocycles. The van der Waals surface area contributed by atoms with Crippen LogP contribution in [0.25, 0.3) is 5.83 Å². The van der Waals surface area contributed by atoms with Crippen molar-refractivity contribution in [2.24, 2.45) is 0 Å². The molecule has 0 aliphatic rings. The van der Waals surface area contributed by atoms with Crippen molar-refractivity contribution < 1.29 is 31.1 Å². The molecule has 0 heterocycles. The minimum atomic E-state index is -5.00. The van der Waals surface area contributed by atoms with Gasteiger partial charge in [0.05, 0.1) is 15.1 Å². The maximum atomic E-state index is 15.5. The highest BCUT2D eigenvalue weighted by molar-refractivity contribution is 6.48. The summed E-state index contributed by atoms with van der Waals surface area (Å²) in [6.07, 6.45) is -2.33. The summed E-state index contributed by atoms with van der Waals surface area (Å²) in [6, 6.07) is -0.227. The number of hydrogen-bond acceptors (Lipinski definition) is 3. The van der Waals surface area contributed by atoms with Crippen molar-refractivity contribution in [2.75, 3.05) is 7.05 Å². The molecule has 39 heavy (non-hydrogen) atoms. The Balaban J connectivity index is 2.55. The molecule has 212 valence electrons. The number of aldehydes is 1. The summed E-state index contributed by atoms with van der Waals surface area (Å²) < 4.78 is 87.9. The Labute approximate surface area is 237 Å². The maximum absolute atomic E-state index is 15.5. The third kappa shape index (κ3) is 7.89. The number of hydrogen-bond donors (Lipinski definition) is 1. The second kappa shape index (κ2) is 13.4. The molecule has 0 fully saturated rings. The molecule has 0 saturated heterocycles. The monoisotopic (exact) mass is 612 g/mol. The van der Waals surface area contributed by atoms with Gasteiger partial charge in [-0.3, -0.25) is 4.79 Å². The molecule has 0 aliphatic carbocycles. The molecule has 0 bridgehead atoms. The van der Waals surface area contributed by atoms with Crippen LogP contribution in [-0.2, 0) is 6.05 Å². The fourth-order valence-electron chi connectivity index (χ4n) is 3.74. The minimum absolute atomic E-state index is 0.145. The average molecular weight is 614 g/mol. The summed E-state index contributed by atoms with van der Waals surface area (Å²) in [5, 5.41) is -0.299. The fourth-order valence-corrected chi connectivity index (χ4v) is 4.35. The molecule has 2 atom stereocenters. The SMILES string of the molecule is C=CCC(=C)C(CC)NN(C)C(F)(F)c1cc(/C(F)=C/C(c2cc(Cl)c(Cl)c(Cl)c2)C(F)(F)F)ccc1C=O. The van der Waals surface area contributed by atoms with Gasteiger partial charge in [0.25, 0.3) is 0 Å². The van der Waals surface area contributed by atoms with E-state index in [1.165, 1.54) is 0 Å². The molecule has 12 heteroatoms. The molecule has 0 aliphatic heterocycles. The van der Waals surface area contributed by atoms with E-state index in [2.05, 4.69) is 18.6 Å². The third-order valence-electron chi connectivity index (χ3n) is 5.89. The summed E-state index contributed by atoms with van der Waals surface area (Å²) in [5.41, 5.74) is 0.669. The van der Waals surface area contributed by atoms with Crippen molar-refractivity contribution in [3.8, 4) is 0 Å². The van der Waals surface area contributed by atoms with E-state index in [9.17, 15) is 18.0 Å². The number of carbonyl (C=O) groups is 1. The Bertz CT molecular complexity index is 1240. The molecule has 2 unspecified atom stereocenters. The lowest BCUT2D eigenvalue weighted by molar-refractivity contribution is -0.171. The zero-order valence-corrected chi connectivity index (χ0v) is 23.1. The zero-order chi connectivity index (χ0) is 29.7. The lowest BCUT2D eigenvalue weighted by atomic mass is 9.95. The van der Waals surface area contributed by atoms with Gasteiger partial charge in [0, 0.05) is 29.8 Å². The lowest BCUT2D eigenvalue weighted by Gasteiger charge is -2.33. The molecule has 1 N–H and O–H groups in total. The van der Waals surface area contributed by atoms with Crippen molar-refractivity contribution in [3.63, 3.8) is 0 Å². The standard InChI is InChI=1S/C27H25Cl3F6N2O/c1-5-7-15(3)24(6-2)37-38(4)27(35,36)20-10-16(8-9-17(20)14-39)23(31)13-19(26(32,33)34)18-11-21(28)25(30)22(29)12-18/h5,8-14,19,24,37H,1,3,6-7H2,2,4H3/b23-13-. The molecule has 0 aromatic heterocycles. The van der Waals surface area contributed by atoms with E-state index in [0.717, 1.165) is 31.3 Å². The number of allylic oxidation sites excluding steroid dienone is 2. The highest BCUT2D eigenvalue weighted by atomic mass is 35.5. The topological polar surface area (TPSA) is 32.3 Å². The first-order valence-electron chi connectivity index (χ1n) is 11.4. The largest absolute Gasteiger partial charge is 0.399 e. The van der Waals surface area contributed by atoms with Crippen molar-refractivity contribution in [1.29, 1.82) is 0 Å². The van der Waals surface area contributed by atoms with Crippen LogP contribution in [-0.4, -0.2) is 30.6 Å². The molecule has 3 nitrogen and oxygen atoms in total. The molecule has 2 aromatic rings. The van der Waals surface area contributed by atoms with Gasteiger partial charge in [-0.1, -0.05) is 72.1 Å². The Morgan fingerprint density at radius 2 is 1.69 bits per heavy atom. The molecular formula is C27H25Cl3F6N2O. The van der Waals surface area contributed by atoms with Gasteiger partial charge in [-0.15, -0.1) is 6.58 Å². The predicted octanol–water partition coefficient (Wildman–Crippen LogP) is 9.51. The van der Waals surface area contributed by atoms with Gasteiger partial charge in [-0.25, -0.2) is 9.82 Å². The van der Waals surface area contributed by atoms with Crippen molar-refractivity contribution >= 4 is 46.9 Å². The molecule has 2 aromatic carbocycles. The van der Waals surface area contributed by atoms with Gasteiger partial charge < -0.3 is 0 Å². The highest BCUT2D eigenvalue weighted by Crippen LogP contribution is 2.43. The van der Waals surface area contributed by atoms with Crippen LogP contribution in [0.4, 0.5) is 26.3 Å². The number of hydrazine groups is 1. The summed E-state index contributed by atoms with van der Waals surface area (Å²) >= 11 is 17.5. The molecule has 2 rings (SSSR count). The first-order valence-corrected chi connectivity index (χ1v) is 12.6. The van der Waals surface area contributed by atoms with Crippen LogP contribution in [0, 0.1) is 0 Å². The summed E-state index contributed by atoms with van der Waals surface area (Å²) in [6.45, 7) is 9.18. The molecule has 0 radical (unpaired) electrons. The quantitative estimate of drug-likeness (QED) is 0.0646. The smallest absolute Gasteiger partial charge is 0.298 e. The Morgan fingerprint density at radius 3 is 2.18 bits per heavy atom. The summed E-state index contributed by atoms with van der Waals surface area (Å²) in [7, 11) is 1.02. The van der Waals surface area contributed by atoms with Crippen molar-refractivity contribution in [2.45, 2.75) is 43.9 Å². The first kappa shape index (κ1) is 32.9. The maximum Gasteiger partial charge on any atom is 0.399 e. The molecule has 0 amide bonds. The van der Waals surface area contributed by atoms with Crippen LogP contribution in [0.5, 0.6) is 0 Å². The summed E-state index contributed by atoms with van der Waals surface area (Å²) in [5.74, 6) is -4.00. The van der Waals surface area contributed by atoms with Crippen LogP contribution >= 0.6 is 34.8 Å². The predicted molar refractivity (Wildman–Crippen MR) is 144 cm³/mol. The number of halogens is 9. The third-order valence-corrected chi connectivity index (χ3v) is 7.09. The van der Waals surface area contributed by atoms with Crippen LogP contribution in [0.2, 0.25) is 15.1 Å². The highest BCUT2D eigenvalue weighted by Gasteiger charge is 2.42. The van der Waals surface area contributed by atoms with E-state index in [1.807, 2.05) is 0 Å². The zero-order valence-electron chi connectivity index (χ0n) is 20.9. The second-order valence-electron chi connectivity index (χ2n) is 8.59. The van der Waals surface area contributed by atoms with Gasteiger partial charge in [-0.05, 0) is 42.7 Å². The molecular weight excluding hydrogens is 589 g/mol. The number of rotatable bonds is 12. The van der Waals surface area contributed by atoms with Gasteiger partial charge in [0.1, 0.15) is 11.7 Å². The van der Waals surface area contributed by atoms with Crippen LogP contribution in [0.3, 0.4) is 0 Å². The Morgan fingerprint density at radius 1 is 1.10 bits per heavy atom. The Kier molecular flexibility index (Phi) is 11.3. The van der Waals surface area contributed by atoms with Crippen molar-refractivity contribution in [1.82, 2.24) is 10.4 Å². The number of benzene rings is 2. The number of carbonyl (C=O) groups excluding carboxylic acids is 1. The van der Waals surface area contributed by atoms with E-state index in [1.54, 1.807) is 13.0 Å². The fraction of sp³-hybridized carbons (Fsp3) is 0.296. The van der Waals surface area contributed by atoms with E-state index >= 15 is 13.2 Å². The van der Waals surface area contributed by atoms with E-state index in [-0.39, 0.29) is 27.4 Å². The molecule has 0 spiro atoms. The Hall–Kier alpha value is -2.30. The van der Waals surface area contributed by atoms with Crippen LogP contribution in [0.1, 0.15) is 52.7 Å². The van der Waals surface area contributed by atoms with Crippen molar-refractivity contribution in [3.05, 3.63) is 98.5 Å². The van der Waals surface area contributed by atoms with Gasteiger partial charge in [0.15, 0.2) is 6.29 Å². The minimum Gasteiger partial charge on any atom is -0.298 e. The van der Waals surface area contributed by atoms with Gasteiger partial charge in [-0.2, -0.15) is 27.0 Å². The van der Waals surface area contributed by atoms with Gasteiger partial charge >= 0.3 is 12.2 Å². The van der Waals surface area contributed by atoms with E-state index in [0.29, 0.717) is 29.5 Å². The number of nitrogens with one attached hydrogen (secondary N) is 1. The first-order chi connectivity index (χ1) is 18.1. The van der Waals surface area contributed by atoms with E-state index < -0.39 is 52.3 Å².